The third kappa shape index (κ3) is 5.59. The van der Waals surface area contributed by atoms with Crippen molar-refractivity contribution in [2.45, 2.75) is 13.1 Å². The second-order valence-electron chi connectivity index (χ2n) is 7.46. The molecule has 0 saturated carbocycles. The van der Waals surface area contributed by atoms with E-state index < -0.39 is 40.6 Å². The van der Waals surface area contributed by atoms with Crippen molar-refractivity contribution in [3.8, 4) is 17.2 Å². The number of hydrogen-bond acceptors (Lipinski definition) is 7. The van der Waals surface area contributed by atoms with E-state index in [0.29, 0.717) is 0 Å². The molecule has 4 aromatic rings. The molecule has 7 nitrogen and oxygen atoms in total. The molecule has 0 radical (unpaired) electrons. The Hall–Kier alpha value is -4.31. The van der Waals surface area contributed by atoms with Gasteiger partial charge in [0.25, 0.3) is 5.76 Å². The summed E-state index contributed by atoms with van der Waals surface area (Å²) in [4.78, 5) is 37.1. The monoisotopic (exact) mass is 532 g/mol. The predicted molar refractivity (Wildman–Crippen MR) is 126 cm³/mol. The summed E-state index contributed by atoms with van der Waals surface area (Å²) in [6.45, 7) is 1.77. The zero-order chi connectivity index (χ0) is 26.7. The first kappa shape index (κ1) is 25.8. The highest BCUT2D eigenvalue weighted by atomic mass is 35.5. The summed E-state index contributed by atoms with van der Waals surface area (Å²) < 4.78 is 61.8. The number of ether oxygens (including phenoxy) is 3. The van der Waals surface area contributed by atoms with Crippen LogP contribution in [-0.2, 0) is 10.9 Å². The van der Waals surface area contributed by atoms with Crippen molar-refractivity contribution >= 4 is 34.5 Å². The number of benzene rings is 3. The molecule has 1 heterocycles. The number of hydrogen-bond donors (Lipinski definition) is 0. The minimum Gasteiger partial charge on any atom is -0.462 e. The lowest BCUT2D eigenvalue weighted by Gasteiger charge is -2.14. The highest BCUT2D eigenvalue weighted by Gasteiger charge is 2.40. The Labute approximate surface area is 211 Å². The van der Waals surface area contributed by atoms with Crippen LogP contribution in [0.5, 0.6) is 17.2 Å². The van der Waals surface area contributed by atoms with Gasteiger partial charge in [-0.1, -0.05) is 23.7 Å². The van der Waals surface area contributed by atoms with Gasteiger partial charge >= 0.3 is 18.1 Å². The molecular formula is C26H16ClF3O7. The molecular weight excluding hydrogens is 517 g/mol. The van der Waals surface area contributed by atoms with E-state index in [2.05, 4.69) is 0 Å². The van der Waals surface area contributed by atoms with E-state index in [1.54, 1.807) is 19.1 Å². The molecule has 1 aromatic heterocycles. The van der Waals surface area contributed by atoms with Crippen molar-refractivity contribution in [2.24, 2.45) is 0 Å². The fourth-order valence-corrected chi connectivity index (χ4v) is 3.49. The van der Waals surface area contributed by atoms with E-state index in [9.17, 15) is 27.6 Å². The van der Waals surface area contributed by atoms with E-state index in [1.807, 2.05) is 0 Å². The molecule has 0 atom stereocenters. The van der Waals surface area contributed by atoms with Gasteiger partial charge in [0.2, 0.25) is 11.2 Å². The summed E-state index contributed by atoms with van der Waals surface area (Å²) in [5, 5.41) is -0.125. The van der Waals surface area contributed by atoms with Gasteiger partial charge in [-0.25, -0.2) is 9.59 Å². The second kappa shape index (κ2) is 10.4. The van der Waals surface area contributed by atoms with Crippen molar-refractivity contribution in [3.05, 3.63) is 98.9 Å². The SMILES string of the molecule is CCOC(=O)c1ccc(Oc2c(C(F)(F)F)oc3cc(OC(=O)c4ccccc4Cl)ccc3c2=O)cc1. The van der Waals surface area contributed by atoms with Crippen molar-refractivity contribution in [3.63, 3.8) is 0 Å². The molecule has 0 aliphatic carbocycles. The molecule has 37 heavy (non-hydrogen) atoms. The third-order valence-corrected chi connectivity index (χ3v) is 5.30. The Kier molecular flexibility index (Phi) is 7.21. The smallest absolute Gasteiger partial charge is 0.453 e. The summed E-state index contributed by atoms with van der Waals surface area (Å²) in [6.07, 6.45) is -5.10. The van der Waals surface area contributed by atoms with Crippen LogP contribution in [0.2, 0.25) is 5.02 Å². The maximum Gasteiger partial charge on any atom is 0.453 e. The summed E-state index contributed by atoms with van der Waals surface area (Å²) >= 11 is 5.97. The summed E-state index contributed by atoms with van der Waals surface area (Å²) in [7, 11) is 0. The molecule has 0 aliphatic rings. The van der Waals surface area contributed by atoms with Gasteiger partial charge in [-0.3, -0.25) is 4.79 Å². The Morgan fingerprint density at radius 3 is 2.27 bits per heavy atom. The number of alkyl halides is 3. The number of halogens is 4. The first-order valence-electron chi connectivity index (χ1n) is 10.7. The Morgan fingerprint density at radius 2 is 1.62 bits per heavy atom. The normalized spacial score (nSPS) is 11.3. The van der Waals surface area contributed by atoms with Gasteiger partial charge in [-0.05, 0) is 55.5 Å². The van der Waals surface area contributed by atoms with Gasteiger partial charge in [0.05, 0.1) is 28.1 Å². The molecule has 0 spiro atoms. The molecule has 0 saturated heterocycles. The van der Waals surface area contributed by atoms with Gasteiger partial charge < -0.3 is 18.6 Å². The molecule has 0 unspecified atom stereocenters. The van der Waals surface area contributed by atoms with E-state index in [4.69, 9.17) is 30.2 Å². The van der Waals surface area contributed by atoms with Crippen LogP contribution in [0.4, 0.5) is 13.2 Å². The topological polar surface area (TPSA) is 92.0 Å². The zero-order valence-corrected chi connectivity index (χ0v) is 19.7. The largest absolute Gasteiger partial charge is 0.462 e. The highest BCUT2D eigenvalue weighted by Crippen LogP contribution is 2.38. The molecule has 0 aliphatic heterocycles. The highest BCUT2D eigenvalue weighted by molar-refractivity contribution is 6.33. The maximum absolute atomic E-state index is 13.8. The summed E-state index contributed by atoms with van der Waals surface area (Å²) in [5.41, 5.74) is -1.40. The van der Waals surface area contributed by atoms with Gasteiger partial charge in [-0.2, -0.15) is 13.2 Å². The van der Waals surface area contributed by atoms with Gasteiger partial charge in [0, 0.05) is 6.07 Å². The Balaban J connectivity index is 1.70. The van der Waals surface area contributed by atoms with Crippen LogP contribution in [0.3, 0.4) is 0 Å². The van der Waals surface area contributed by atoms with Gasteiger partial charge in [0.1, 0.15) is 17.1 Å². The molecule has 11 heteroatoms. The molecule has 0 N–H and O–H groups in total. The van der Waals surface area contributed by atoms with Crippen LogP contribution in [-0.4, -0.2) is 18.5 Å². The van der Waals surface area contributed by atoms with Crippen LogP contribution < -0.4 is 14.9 Å². The predicted octanol–water partition coefficient (Wildman–Crippen LogP) is 6.65. The first-order valence-corrected chi connectivity index (χ1v) is 11.1. The van der Waals surface area contributed by atoms with Gasteiger partial charge in [-0.15, -0.1) is 0 Å². The molecule has 0 fully saturated rings. The minimum atomic E-state index is -5.10. The zero-order valence-electron chi connectivity index (χ0n) is 18.9. The standard InChI is InChI=1S/C26H16ClF3O7/c1-2-34-24(32)14-7-9-15(10-8-14)35-22-21(31)18-12-11-16(13-20(18)37-23(22)26(28,29)30)36-25(33)17-5-3-4-6-19(17)27/h3-13H,2H2,1H3. The van der Waals surface area contributed by atoms with Crippen molar-refractivity contribution in [1.29, 1.82) is 0 Å². The summed E-state index contributed by atoms with van der Waals surface area (Å²) in [6, 6.07) is 14.4. The van der Waals surface area contributed by atoms with Crippen LogP contribution in [0, 0.1) is 0 Å². The van der Waals surface area contributed by atoms with Crippen LogP contribution in [0.15, 0.2) is 75.9 Å². The minimum absolute atomic E-state index is 0.0411. The fraction of sp³-hybridized carbons (Fsp3) is 0.115. The summed E-state index contributed by atoms with van der Waals surface area (Å²) in [5.74, 6) is -4.57. The van der Waals surface area contributed by atoms with Crippen LogP contribution in [0.25, 0.3) is 11.0 Å². The van der Waals surface area contributed by atoms with Crippen LogP contribution >= 0.6 is 11.6 Å². The molecule has 190 valence electrons. The Bertz CT molecular complexity index is 1540. The maximum atomic E-state index is 13.8. The molecule has 0 amide bonds. The fourth-order valence-electron chi connectivity index (χ4n) is 3.28. The second-order valence-corrected chi connectivity index (χ2v) is 7.87. The Morgan fingerprint density at radius 1 is 0.946 bits per heavy atom. The van der Waals surface area contributed by atoms with Crippen molar-refractivity contribution in [2.75, 3.05) is 6.61 Å². The van der Waals surface area contributed by atoms with E-state index in [1.165, 1.54) is 42.5 Å². The number of carbonyl (C=O) groups is 2. The lowest BCUT2D eigenvalue weighted by molar-refractivity contribution is -0.154. The van der Waals surface area contributed by atoms with Gasteiger partial charge in [0.15, 0.2) is 0 Å². The lowest BCUT2D eigenvalue weighted by Crippen LogP contribution is -2.16. The lowest BCUT2D eigenvalue weighted by atomic mass is 10.2. The van der Waals surface area contributed by atoms with E-state index in [-0.39, 0.29) is 39.6 Å². The molecule has 0 bridgehead atoms. The number of esters is 2. The van der Waals surface area contributed by atoms with Crippen molar-refractivity contribution in [1.82, 2.24) is 0 Å². The molecule has 3 aromatic carbocycles. The number of fused-ring (bicyclic) bond motifs is 1. The first-order chi connectivity index (χ1) is 17.6. The van der Waals surface area contributed by atoms with E-state index >= 15 is 0 Å². The van der Waals surface area contributed by atoms with Crippen LogP contribution in [0.1, 0.15) is 33.4 Å². The quantitative estimate of drug-likeness (QED) is 0.203. The molecule has 4 rings (SSSR count). The number of carbonyl (C=O) groups excluding carboxylic acids is 2. The average molecular weight is 533 g/mol. The van der Waals surface area contributed by atoms with E-state index in [0.717, 1.165) is 12.1 Å². The third-order valence-electron chi connectivity index (χ3n) is 4.97. The van der Waals surface area contributed by atoms with Crippen molar-refractivity contribution < 1.29 is 41.4 Å². The number of rotatable bonds is 6. The average Bonchev–Trinajstić information content (AvgIpc) is 2.85.